The van der Waals surface area contributed by atoms with E-state index in [0.717, 1.165) is 18.4 Å². The summed E-state index contributed by atoms with van der Waals surface area (Å²) < 4.78 is 5.36. The number of imide groups is 1. The minimum Gasteiger partial charge on any atom is -0.495 e. The van der Waals surface area contributed by atoms with Crippen LogP contribution in [0.3, 0.4) is 0 Å². The van der Waals surface area contributed by atoms with Gasteiger partial charge in [0.1, 0.15) is 11.8 Å². The number of nitrogens with one attached hydrogen (secondary N) is 1. The van der Waals surface area contributed by atoms with Gasteiger partial charge in [0.05, 0.1) is 24.6 Å². The van der Waals surface area contributed by atoms with Crippen LogP contribution in [0.5, 0.6) is 5.75 Å². The SMILES string of the molecule is COc1ccccc1NC(=O)[C@H](Cc1ccccc1)N1C(=O)[C@@H]2[C@@H](C1=O)[C@H]1C=C[C@H]2CC1. The number of benzene rings is 2. The number of hydrogen-bond donors (Lipinski definition) is 1. The summed E-state index contributed by atoms with van der Waals surface area (Å²) in [7, 11) is 1.54. The van der Waals surface area contributed by atoms with Gasteiger partial charge in [-0.25, -0.2) is 0 Å². The number of ether oxygens (including phenoxy) is 1. The van der Waals surface area contributed by atoms with Gasteiger partial charge in [0.25, 0.3) is 0 Å². The maximum Gasteiger partial charge on any atom is 0.248 e. The molecule has 6 nitrogen and oxygen atoms in total. The predicted octanol–water partition coefficient (Wildman–Crippen LogP) is 3.44. The Morgan fingerprint density at radius 3 is 2.16 bits per heavy atom. The molecule has 164 valence electrons. The van der Waals surface area contributed by atoms with Crippen molar-refractivity contribution in [3.05, 3.63) is 72.3 Å². The number of para-hydroxylation sites is 2. The lowest BCUT2D eigenvalue weighted by molar-refractivity contribution is -0.146. The van der Waals surface area contributed by atoms with Crippen molar-refractivity contribution in [3.63, 3.8) is 0 Å². The summed E-state index contributed by atoms with van der Waals surface area (Å²) in [4.78, 5) is 41.8. The first-order chi connectivity index (χ1) is 15.6. The van der Waals surface area contributed by atoms with E-state index in [0.29, 0.717) is 11.4 Å². The van der Waals surface area contributed by atoms with Crippen LogP contribution in [0.25, 0.3) is 0 Å². The first kappa shape index (κ1) is 20.5. The summed E-state index contributed by atoms with van der Waals surface area (Å²) in [6, 6.07) is 15.7. The summed E-state index contributed by atoms with van der Waals surface area (Å²) in [6.45, 7) is 0. The summed E-state index contributed by atoms with van der Waals surface area (Å²) in [5.74, 6) is -0.812. The largest absolute Gasteiger partial charge is 0.495 e. The van der Waals surface area contributed by atoms with Crippen LogP contribution in [0.15, 0.2) is 66.7 Å². The van der Waals surface area contributed by atoms with E-state index < -0.39 is 6.04 Å². The lowest BCUT2D eigenvalue weighted by Gasteiger charge is -2.38. The average Bonchev–Trinajstić information content (AvgIpc) is 3.11. The molecule has 6 heteroatoms. The van der Waals surface area contributed by atoms with E-state index in [-0.39, 0.29) is 47.8 Å². The number of carbonyl (C=O) groups is 3. The molecule has 2 fully saturated rings. The molecular weight excluding hydrogens is 404 g/mol. The Bertz CT molecular complexity index is 1050. The van der Waals surface area contributed by atoms with Crippen molar-refractivity contribution in [1.29, 1.82) is 0 Å². The monoisotopic (exact) mass is 430 g/mol. The highest BCUT2D eigenvalue weighted by Gasteiger charge is 2.58. The van der Waals surface area contributed by atoms with Crippen molar-refractivity contribution < 1.29 is 19.1 Å². The van der Waals surface area contributed by atoms with Crippen LogP contribution in [0.4, 0.5) is 5.69 Å². The molecule has 4 aliphatic rings. The second-order valence-electron chi connectivity index (χ2n) is 8.78. The zero-order valence-electron chi connectivity index (χ0n) is 17.9. The lowest BCUT2D eigenvalue weighted by atomic mass is 9.63. The van der Waals surface area contributed by atoms with Crippen LogP contribution in [0.1, 0.15) is 18.4 Å². The maximum atomic E-state index is 13.5. The summed E-state index contributed by atoms with van der Waals surface area (Å²) in [5, 5.41) is 2.89. The first-order valence-electron chi connectivity index (χ1n) is 11.1. The van der Waals surface area contributed by atoms with E-state index in [1.54, 1.807) is 18.2 Å². The fourth-order valence-corrected chi connectivity index (χ4v) is 5.51. The molecule has 2 bridgehead atoms. The van der Waals surface area contributed by atoms with Gasteiger partial charge in [0.2, 0.25) is 17.7 Å². The van der Waals surface area contributed by atoms with E-state index in [4.69, 9.17) is 4.74 Å². The van der Waals surface area contributed by atoms with Crippen molar-refractivity contribution in [1.82, 2.24) is 4.90 Å². The van der Waals surface area contributed by atoms with Crippen LogP contribution in [-0.4, -0.2) is 35.8 Å². The fourth-order valence-electron chi connectivity index (χ4n) is 5.51. The highest BCUT2D eigenvalue weighted by atomic mass is 16.5. The number of fused-ring (bicyclic) bond motifs is 1. The first-order valence-corrected chi connectivity index (χ1v) is 11.1. The Morgan fingerprint density at radius 2 is 1.56 bits per heavy atom. The highest BCUT2D eigenvalue weighted by Crippen LogP contribution is 2.50. The molecule has 6 rings (SSSR count). The summed E-state index contributed by atoms with van der Waals surface area (Å²) in [6.07, 6.45) is 6.29. The number of rotatable bonds is 6. The molecule has 0 unspecified atom stereocenters. The average molecular weight is 431 g/mol. The molecule has 0 radical (unpaired) electrons. The van der Waals surface area contributed by atoms with E-state index in [2.05, 4.69) is 17.5 Å². The Morgan fingerprint density at radius 1 is 0.969 bits per heavy atom. The molecule has 3 amide bonds. The minimum atomic E-state index is -0.924. The normalized spacial score (nSPS) is 26.7. The molecule has 2 aromatic carbocycles. The van der Waals surface area contributed by atoms with Crippen molar-refractivity contribution in [2.24, 2.45) is 23.7 Å². The van der Waals surface area contributed by atoms with E-state index in [1.165, 1.54) is 12.0 Å². The van der Waals surface area contributed by atoms with E-state index in [1.807, 2.05) is 36.4 Å². The van der Waals surface area contributed by atoms with Gasteiger partial charge >= 0.3 is 0 Å². The molecule has 1 saturated heterocycles. The molecule has 0 aromatic heterocycles. The molecule has 1 heterocycles. The van der Waals surface area contributed by atoms with Crippen molar-refractivity contribution in [2.75, 3.05) is 12.4 Å². The molecular formula is C26H26N2O4. The van der Waals surface area contributed by atoms with Gasteiger partial charge in [-0.15, -0.1) is 0 Å². The van der Waals surface area contributed by atoms with Gasteiger partial charge in [0, 0.05) is 6.42 Å². The zero-order valence-corrected chi connectivity index (χ0v) is 17.9. The Balaban J connectivity index is 1.48. The zero-order chi connectivity index (χ0) is 22.2. The second kappa shape index (κ2) is 8.26. The van der Waals surface area contributed by atoms with E-state index >= 15 is 0 Å². The van der Waals surface area contributed by atoms with Gasteiger partial charge in [0.15, 0.2) is 0 Å². The van der Waals surface area contributed by atoms with Crippen molar-refractivity contribution in [3.8, 4) is 5.75 Å². The number of hydrogen-bond acceptors (Lipinski definition) is 4. The van der Waals surface area contributed by atoms with Crippen LogP contribution >= 0.6 is 0 Å². The number of likely N-dealkylation sites (tertiary alicyclic amines) is 1. The lowest BCUT2D eigenvalue weighted by Crippen LogP contribution is -2.49. The van der Waals surface area contributed by atoms with Crippen LogP contribution in [-0.2, 0) is 20.8 Å². The molecule has 5 atom stereocenters. The second-order valence-corrected chi connectivity index (χ2v) is 8.78. The number of methoxy groups -OCH3 is 1. The molecule has 0 spiro atoms. The minimum absolute atomic E-state index is 0.0844. The number of carbonyl (C=O) groups excluding carboxylic acids is 3. The van der Waals surface area contributed by atoms with Gasteiger partial charge in [-0.3, -0.25) is 19.3 Å². The summed E-state index contributed by atoms with van der Waals surface area (Å²) in [5.41, 5.74) is 1.40. The van der Waals surface area contributed by atoms with Crippen molar-refractivity contribution in [2.45, 2.75) is 25.3 Å². The molecule has 1 N–H and O–H groups in total. The standard InChI is InChI=1S/C26H26N2O4/c1-32-21-10-6-5-9-19(21)27-24(29)20(15-16-7-3-2-4-8-16)28-25(30)22-17-11-12-18(14-13-17)23(22)26(28)31/h2-12,17-18,20,22-23H,13-15H2,1H3,(H,27,29)/t17-,18-,20-,22-,23-/m0/s1. The quantitative estimate of drug-likeness (QED) is 0.563. The number of nitrogens with zero attached hydrogens (tertiary/aromatic N) is 1. The smallest absolute Gasteiger partial charge is 0.248 e. The van der Waals surface area contributed by atoms with Crippen molar-refractivity contribution >= 4 is 23.4 Å². The fraction of sp³-hybridized carbons (Fsp3) is 0.346. The van der Waals surface area contributed by atoms with Crippen LogP contribution in [0.2, 0.25) is 0 Å². The Labute approximate surface area is 187 Å². The van der Waals surface area contributed by atoms with Gasteiger partial charge in [-0.1, -0.05) is 54.6 Å². The van der Waals surface area contributed by atoms with Crippen LogP contribution in [0, 0.1) is 23.7 Å². The van der Waals surface area contributed by atoms with Gasteiger partial charge in [-0.2, -0.15) is 0 Å². The topological polar surface area (TPSA) is 75.7 Å². The van der Waals surface area contributed by atoms with Gasteiger partial charge in [-0.05, 0) is 42.4 Å². The molecule has 1 aliphatic heterocycles. The third-order valence-electron chi connectivity index (χ3n) is 7.04. The maximum absolute atomic E-state index is 13.5. The Kier molecular flexibility index (Phi) is 5.29. The highest BCUT2D eigenvalue weighted by molar-refractivity contribution is 6.10. The molecule has 1 saturated carbocycles. The Hall–Kier alpha value is -3.41. The van der Waals surface area contributed by atoms with E-state index in [9.17, 15) is 14.4 Å². The van der Waals surface area contributed by atoms with Gasteiger partial charge < -0.3 is 10.1 Å². The third-order valence-corrected chi connectivity index (χ3v) is 7.04. The number of amides is 3. The number of allylic oxidation sites excluding steroid dienone is 2. The predicted molar refractivity (Wildman–Crippen MR) is 120 cm³/mol. The molecule has 3 aliphatic carbocycles. The number of anilines is 1. The van der Waals surface area contributed by atoms with Crippen LogP contribution < -0.4 is 10.1 Å². The molecule has 2 aromatic rings. The molecule has 32 heavy (non-hydrogen) atoms. The summed E-state index contributed by atoms with van der Waals surface area (Å²) >= 11 is 0. The third kappa shape index (κ3) is 3.40.